The van der Waals surface area contributed by atoms with Crippen molar-refractivity contribution in [3.63, 3.8) is 0 Å². The van der Waals surface area contributed by atoms with Crippen LogP contribution in [0.3, 0.4) is 0 Å². The van der Waals surface area contributed by atoms with Crippen molar-refractivity contribution in [3.05, 3.63) is 96.1 Å². The molecule has 0 saturated heterocycles. The Morgan fingerprint density at radius 3 is 2.08 bits per heavy atom. The molecule has 0 unspecified atom stereocenters. The molecule has 0 radical (unpaired) electrons. The maximum atomic E-state index is 14.1. The number of hydrogen-bond donors (Lipinski definition) is 1. The zero-order valence-electron chi connectivity index (χ0n) is 23.0. The average molecular weight is 550 g/mol. The molecule has 3 aromatic rings. The van der Waals surface area contributed by atoms with Gasteiger partial charge in [-0.2, -0.15) is 0 Å². The highest BCUT2D eigenvalue weighted by Crippen LogP contribution is 2.28. The van der Waals surface area contributed by atoms with E-state index >= 15 is 0 Å². The monoisotopic (exact) mass is 549 g/mol. The van der Waals surface area contributed by atoms with Crippen molar-refractivity contribution in [1.82, 2.24) is 10.2 Å². The van der Waals surface area contributed by atoms with Crippen LogP contribution in [0.15, 0.2) is 89.8 Å². The number of amides is 2. The fourth-order valence-corrected chi connectivity index (χ4v) is 5.96. The molecule has 0 aromatic heterocycles. The summed E-state index contributed by atoms with van der Waals surface area (Å²) in [6.45, 7) is 6.14. The van der Waals surface area contributed by atoms with E-state index in [0.29, 0.717) is 25.1 Å². The van der Waals surface area contributed by atoms with E-state index in [4.69, 9.17) is 0 Å². The number of sulfonamides is 1. The van der Waals surface area contributed by atoms with Gasteiger partial charge in [-0.1, -0.05) is 93.9 Å². The highest BCUT2D eigenvalue weighted by molar-refractivity contribution is 7.92. The van der Waals surface area contributed by atoms with Crippen LogP contribution in [-0.2, 0) is 32.6 Å². The van der Waals surface area contributed by atoms with Crippen LogP contribution < -0.4 is 9.62 Å². The first-order valence-electron chi connectivity index (χ1n) is 13.6. The molecule has 1 atom stereocenters. The molecular weight excluding hydrogens is 510 g/mol. The minimum absolute atomic E-state index is 0.0997. The van der Waals surface area contributed by atoms with Gasteiger partial charge in [0, 0.05) is 13.1 Å². The van der Waals surface area contributed by atoms with Crippen LogP contribution in [0.4, 0.5) is 5.69 Å². The fraction of sp³-hybridized carbons (Fsp3) is 0.355. The topological polar surface area (TPSA) is 86.8 Å². The SMILES string of the molecule is CCCCNC(=O)[C@@H](CC)N(Cc1ccccc1)C(=O)CN(c1ccccc1CC)S(=O)(=O)c1ccccc1. The number of carbonyl (C=O) groups excluding carboxylic acids is 2. The van der Waals surface area contributed by atoms with E-state index in [1.54, 1.807) is 30.3 Å². The van der Waals surface area contributed by atoms with Crippen LogP contribution in [0.25, 0.3) is 0 Å². The van der Waals surface area contributed by atoms with Crippen molar-refractivity contribution in [2.75, 3.05) is 17.4 Å². The number of nitrogens with zero attached hydrogens (tertiary/aromatic N) is 2. The van der Waals surface area contributed by atoms with Crippen molar-refractivity contribution in [2.24, 2.45) is 0 Å². The molecule has 0 aliphatic rings. The number of nitrogens with one attached hydrogen (secondary N) is 1. The molecule has 8 heteroatoms. The molecule has 0 saturated carbocycles. The Hall–Kier alpha value is -3.65. The van der Waals surface area contributed by atoms with Crippen LogP contribution in [0.2, 0.25) is 0 Å². The van der Waals surface area contributed by atoms with E-state index < -0.39 is 28.5 Å². The third-order valence-electron chi connectivity index (χ3n) is 6.66. The van der Waals surface area contributed by atoms with Gasteiger partial charge in [0.2, 0.25) is 11.8 Å². The van der Waals surface area contributed by atoms with Crippen molar-refractivity contribution >= 4 is 27.5 Å². The summed E-state index contributed by atoms with van der Waals surface area (Å²) >= 11 is 0. The molecular formula is C31H39N3O4S. The predicted molar refractivity (Wildman–Crippen MR) is 156 cm³/mol. The number of hydrogen-bond acceptors (Lipinski definition) is 4. The molecule has 3 aromatic carbocycles. The van der Waals surface area contributed by atoms with E-state index in [2.05, 4.69) is 5.32 Å². The van der Waals surface area contributed by atoms with Crippen molar-refractivity contribution in [3.8, 4) is 0 Å². The van der Waals surface area contributed by atoms with Gasteiger partial charge in [-0.05, 0) is 48.6 Å². The molecule has 0 heterocycles. The summed E-state index contributed by atoms with van der Waals surface area (Å²) < 4.78 is 29.1. The Kier molecular flexibility index (Phi) is 11.1. The summed E-state index contributed by atoms with van der Waals surface area (Å²) in [7, 11) is -4.07. The van der Waals surface area contributed by atoms with Crippen LogP contribution >= 0.6 is 0 Å². The minimum Gasteiger partial charge on any atom is -0.354 e. The number of unbranched alkanes of at least 4 members (excludes halogenated alkanes) is 1. The lowest BCUT2D eigenvalue weighted by molar-refractivity contribution is -0.140. The van der Waals surface area contributed by atoms with Gasteiger partial charge in [0.15, 0.2) is 0 Å². The van der Waals surface area contributed by atoms with Gasteiger partial charge >= 0.3 is 0 Å². The Labute approximate surface area is 232 Å². The van der Waals surface area contributed by atoms with Crippen molar-refractivity contribution in [2.45, 2.75) is 63.9 Å². The van der Waals surface area contributed by atoms with Crippen LogP contribution in [0.5, 0.6) is 0 Å². The second-order valence-electron chi connectivity index (χ2n) is 9.38. The first-order chi connectivity index (χ1) is 18.8. The summed E-state index contributed by atoms with van der Waals surface area (Å²) in [6.07, 6.45) is 2.77. The molecule has 0 bridgehead atoms. The number of para-hydroxylation sites is 1. The van der Waals surface area contributed by atoms with Gasteiger partial charge in [-0.25, -0.2) is 8.42 Å². The van der Waals surface area contributed by atoms with Gasteiger partial charge in [0.1, 0.15) is 12.6 Å². The van der Waals surface area contributed by atoms with E-state index in [0.717, 1.165) is 24.0 Å². The molecule has 0 fully saturated rings. The molecule has 3 rings (SSSR count). The minimum atomic E-state index is -4.07. The lowest BCUT2D eigenvalue weighted by atomic mass is 10.1. The smallest absolute Gasteiger partial charge is 0.264 e. The largest absolute Gasteiger partial charge is 0.354 e. The second kappa shape index (κ2) is 14.5. The second-order valence-corrected chi connectivity index (χ2v) is 11.2. The van der Waals surface area contributed by atoms with Gasteiger partial charge < -0.3 is 10.2 Å². The number of aryl methyl sites for hydroxylation is 1. The van der Waals surface area contributed by atoms with Crippen LogP contribution in [0.1, 0.15) is 51.2 Å². The summed E-state index contributed by atoms with van der Waals surface area (Å²) in [5, 5.41) is 2.95. The number of rotatable bonds is 14. The molecule has 39 heavy (non-hydrogen) atoms. The quantitative estimate of drug-likeness (QED) is 0.281. The zero-order valence-corrected chi connectivity index (χ0v) is 23.9. The Morgan fingerprint density at radius 1 is 0.846 bits per heavy atom. The Morgan fingerprint density at radius 2 is 1.46 bits per heavy atom. The van der Waals surface area contributed by atoms with Crippen molar-refractivity contribution < 1.29 is 18.0 Å². The highest BCUT2D eigenvalue weighted by Gasteiger charge is 2.34. The molecule has 208 valence electrons. The molecule has 7 nitrogen and oxygen atoms in total. The third kappa shape index (κ3) is 7.69. The van der Waals surface area contributed by atoms with E-state index in [1.807, 2.05) is 63.2 Å². The first-order valence-corrected chi connectivity index (χ1v) is 15.0. The zero-order chi connectivity index (χ0) is 28.3. The predicted octanol–water partition coefficient (Wildman–Crippen LogP) is 5.17. The molecule has 1 N–H and O–H groups in total. The molecule has 0 spiro atoms. The van der Waals surface area contributed by atoms with E-state index in [1.165, 1.54) is 21.3 Å². The third-order valence-corrected chi connectivity index (χ3v) is 8.44. The molecule has 2 amide bonds. The summed E-state index contributed by atoms with van der Waals surface area (Å²) in [5.41, 5.74) is 2.12. The normalized spacial score (nSPS) is 12.0. The van der Waals surface area contributed by atoms with Gasteiger partial charge in [-0.3, -0.25) is 13.9 Å². The molecule has 0 aliphatic carbocycles. The van der Waals surface area contributed by atoms with Crippen LogP contribution in [-0.4, -0.2) is 44.3 Å². The number of benzene rings is 3. The lowest BCUT2D eigenvalue weighted by Gasteiger charge is -2.33. The summed E-state index contributed by atoms with van der Waals surface area (Å²) in [4.78, 5) is 28.9. The lowest BCUT2D eigenvalue weighted by Crippen LogP contribution is -2.52. The maximum absolute atomic E-state index is 14.1. The van der Waals surface area contributed by atoms with Gasteiger partial charge in [0.05, 0.1) is 10.6 Å². The summed E-state index contributed by atoms with van der Waals surface area (Å²) in [5.74, 6) is -0.677. The number of carbonyl (C=O) groups is 2. The van der Waals surface area contributed by atoms with Gasteiger partial charge in [-0.15, -0.1) is 0 Å². The number of anilines is 1. The molecule has 0 aliphatic heterocycles. The first kappa shape index (κ1) is 29.9. The Bertz CT molecular complexity index is 1310. The Balaban J connectivity index is 2.04. The summed E-state index contributed by atoms with van der Waals surface area (Å²) in [6, 6.07) is 24.0. The van der Waals surface area contributed by atoms with E-state index in [-0.39, 0.29) is 17.3 Å². The van der Waals surface area contributed by atoms with Gasteiger partial charge in [0.25, 0.3) is 10.0 Å². The highest BCUT2D eigenvalue weighted by atomic mass is 32.2. The standard InChI is InChI=1S/C31H39N3O4S/c1-4-7-22-32-31(36)28(6-3)33(23-25-16-10-8-11-17-25)30(35)24-34(29-21-15-14-18-26(29)5-2)39(37,38)27-19-12-9-13-20-27/h8-21,28H,4-7,22-24H2,1-3H3,(H,32,36)/t28-/m1/s1. The van der Waals surface area contributed by atoms with E-state index in [9.17, 15) is 18.0 Å². The maximum Gasteiger partial charge on any atom is 0.264 e. The van der Waals surface area contributed by atoms with Crippen molar-refractivity contribution in [1.29, 1.82) is 0 Å². The van der Waals surface area contributed by atoms with Crippen LogP contribution in [0, 0.1) is 0 Å². The fourth-order valence-electron chi connectivity index (χ4n) is 4.49. The average Bonchev–Trinajstić information content (AvgIpc) is 2.96.